The van der Waals surface area contributed by atoms with Crippen LogP contribution < -0.4 is 25.3 Å². The Labute approximate surface area is 314 Å². The molecule has 170 valence electrons. The Bertz CT molecular complexity index is 577. The van der Waals surface area contributed by atoms with Crippen molar-refractivity contribution in [2.45, 2.75) is 0 Å². The molecule has 0 saturated heterocycles. The molecule has 0 amide bonds. The molecule has 0 heterocycles. The van der Waals surface area contributed by atoms with E-state index in [0.717, 1.165) is 0 Å². The van der Waals surface area contributed by atoms with Gasteiger partial charge in [-0.3, -0.25) is 0 Å². The molecule has 0 spiro atoms. The number of hydrogen-bond donors (Lipinski definition) is 0. The third-order valence-corrected chi connectivity index (χ3v) is 0. The molecule has 0 unspecified atom stereocenters. The molecular weight excluding hydrogens is 2040 g/mol. The second kappa shape index (κ2) is 60.5. The fourth-order valence-corrected chi connectivity index (χ4v) is 0. The first kappa shape index (κ1) is 65.8. The van der Waals surface area contributed by atoms with Crippen molar-refractivity contribution in [3.05, 3.63) is 0 Å². The summed E-state index contributed by atoms with van der Waals surface area (Å²) in [6.45, 7) is 0. The van der Waals surface area contributed by atoms with Gasteiger partial charge in [-0.1, -0.05) is 0 Å². The maximum Gasteiger partial charge on any atom is 2.00 e. The van der Waals surface area contributed by atoms with Crippen molar-refractivity contribution in [1.82, 2.24) is 0 Å². The second-order valence-corrected chi connectivity index (χ2v) is 12.8. The Morgan fingerprint density at radius 1 is 0.290 bits per heavy atom. The quantitative estimate of drug-likeness (QED) is 0.203. The smallest absolute Gasteiger partial charge is 2.00 e. The third-order valence-electron chi connectivity index (χ3n) is 0. The van der Waals surface area contributed by atoms with Crippen LogP contribution in [0, 0.1) is 0 Å². The SMILES string of the molecule is [Ba+2].[Bi+3].[O]=[Ta](=[O])[O-].[O]=[Ta](=[O])[O-].[O]=[Ta](=[O])[O-].[O]=[Ta](=[O])[O-].[O]=[Ta](=[O])[O-].[O]=[Ta](=[O])[O-].[O]=[Ta](=[O])[O-].[Sr+2]. The third kappa shape index (κ3) is 1150. The zero-order valence-corrected chi connectivity index (χ0v) is 47.5. The maximum atomic E-state index is 8.62. The van der Waals surface area contributed by atoms with Gasteiger partial charge in [0.15, 0.2) is 0 Å². The standard InChI is InChI=1S/Ba.Bi.21O.Sr.7Ta/q+2;+3;;;;;;;;;;;;;;;7*-1;+2;;;;;;;. The Morgan fingerprint density at radius 2 is 0.290 bits per heavy atom. The van der Waals surface area contributed by atoms with E-state index in [4.69, 9.17) is 70.8 Å². The van der Waals surface area contributed by atoms with Crippen LogP contribution in [-0.4, -0.2) is 121 Å². The predicted molar refractivity (Wildman–Crippen MR) is 26.9 cm³/mol. The van der Waals surface area contributed by atoms with Crippen molar-refractivity contribution in [2.24, 2.45) is 0 Å². The zero-order chi connectivity index (χ0) is 25.0. The van der Waals surface area contributed by atoms with E-state index in [9.17, 15) is 0 Å². The van der Waals surface area contributed by atoms with Gasteiger partial charge in [0.05, 0.1) is 0 Å². The van der Waals surface area contributed by atoms with E-state index in [2.05, 4.69) is 0 Å². The largest absolute Gasteiger partial charge is 2.00 e. The molecular formula is BaBiO21SrTa7. The van der Waals surface area contributed by atoms with Gasteiger partial charge < -0.3 is 0 Å². The average Bonchev–Trinajstić information content (AvgIpc) is 2.20. The summed E-state index contributed by atoms with van der Waals surface area (Å²) in [5.74, 6) is 0. The molecule has 31 heteroatoms. The Morgan fingerprint density at radius 3 is 0.290 bits per heavy atom. The van der Waals surface area contributed by atoms with Crippen molar-refractivity contribution in [1.29, 1.82) is 0 Å². The van der Waals surface area contributed by atoms with Gasteiger partial charge in [0.2, 0.25) is 0 Å². The predicted octanol–water partition coefficient (Wildman–Crippen LogP) is -11.1. The summed E-state index contributed by atoms with van der Waals surface area (Å²) in [5, 5.41) is 0. The van der Waals surface area contributed by atoms with Crippen LogP contribution in [0.1, 0.15) is 0 Å². The molecule has 0 aromatic rings. The molecule has 0 fully saturated rings. The van der Waals surface area contributed by atoms with Crippen molar-refractivity contribution >= 4 is 121 Å². The molecule has 21 nitrogen and oxygen atoms in total. The molecule has 0 rings (SSSR count). The van der Waals surface area contributed by atoms with Crippen LogP contribution in [-0.2, 0) is 177 Å². The topological polar surface area (TPSA) is 400 Å². The molecule has 0 bridgehead atoms. The molecule has 0 aromatic heterocycles. The minimum Gasteiger partial charge on any atom is 2.00 e. The first-order valence-electron chi connectivity index (χ1n) is 3.83. The molecule has 0 atom stereocenters. The van der Waals surface area contributed by atoms with E-state index in [1.54, 1.807) is 0 Å². The monoisotopic (exact) mass is 2040 g/mol. The zero-order valence-electron chi connectivity index (χ0n) is 13.6. The molecule has 0 saturated carbocycles. The van der Waals surface area contributed by atoms with Gasteiger partial charge in [-0.05, 0) is 0 Å². The Balaban J connectivity index is -0.0000000204. The van der Waals surface area contributed by atoms with E-state index in [-0.39, 0.29) is 121 Å². The summed E-state index contributed by atoms with van der Waals surface area (Å²) < 4.78 is 181. The number of hydrogen-bond acceptors (Lipinski definition) is 21. The van der Waals surface area contributed by atoms with Gasteiger partial charge in [0.1, 0.15) is 0 Å². The van der Waals surface area contributed by atoms with Crippen LogP contribution in [0.5, 0.6) is 0 Å². The summed E-state index contributed by atoms with van der Waals surface area (Å²) in [6.07, 6.45) is 0. The molecule has 0 aromatic carbocycles. The Kier molecular flexibility index (Phi) is 128. The van der Waals surface area contributed by atoms with Crippen molar-refractivity contribution < 1.29 is 202 Å². The van der Waals surface area contributed by atoms with Crippen LogP contribution in [0.2, 0.25) is 0 Å². The summed E-state index contributed by atoms with van der Waals surface area (Å²) in [7, 11) is 0. The van der Waals surface area contributed by atoms with Crippen LogP contribution in [0.15, 0.2) is 0 Å². The van der Waals surface area contributed by atoms with E-state index < -0.39 is 131 Å². The van der Waals surface area contributed by atoms with E-state index >= 15 is 0 Å². The van der Waals surface area contributed by atoms with Gasteiger partial charge in [0, 0.05) is 0 Å². The fourth-order valence-electron chi connectivity index (χ4n) is 0. The van der Waals surface area contributed by atoms with Gasteiger partial charge in [-0.25, -0.2) is 0 Å². The molecule has 0 N–H and O–H groups in total. The summed E-state index contributed by atoms with van der Waals surface area (Å²) >= 11 is -30.4. The molecule has 0 aliphatic rings. The molecule has 31 heavy (non-hydrogen) atoms. The van der Waals surface area contributed by atoms with Crippen molar-refractivity contribution in [3.63, 3.8) is 0 Å². The van der Waals surface area contributed by atoms with Crippen molar-refractivity contribution in [3.8, 4) is 0 Å². The number of rotatable bonds is 0. The Hall–Kier alpha value is 6.04. The minimum atomic E-state index is -4.34. The minimum absolute atomic E-state index is 0. The van der Waals surface area contributed by atoms with E-state index in [1.807, 2.05) is 0 Å². The second-order valence-electron chi connectivity index (χ2n) is 1.57. The normalized spacial score (nSPS) is 5.65. The fraction of sp³-hybridized carbons (Fsp3) is 0. The van der Waals surface area contributed by atoms with Gasteiger partial charge in [-0.2, -0.15) is 0 Å². The molecule has 0 aliphatic heterocycles. The maximum absolute atomic E-state index is 8.62. The molecule has 2 radical (unpaired) electrons. The van der Waals surface area contributed by atoms with Crippen LogP contribution in [0.3, 0.4) is 0 Å². The van der Waals surface area contributed by atoms with Crippen LogP contribution in [0.25, 0.3) is 0 Å². The summed E-state index contributed by atoms with van der Waals surface area (Å²) in [4.78, 5) is 0. The van der Waals surface area contributed by atoms with Gasteiger partial charge in [-0.15, -0.1) is 0 Å². The van der Waals surface area contributed by atoms with Crippen molar-refractivity contribution in [2.75, 3.05) is 0 Å². The van der Waals surface area contributed by atoms with E-state index in [0.29, 0.717) is 0 Å². The first-order valence-corrected chi connectivity index (χ1v) is 31.4. The molecule has 0 aliphatic carbocycles. The summed E-state index contributed by atoms with van der Waals surface area (Å²) in [6, 6.07) is 0. The summed E-state index contributed by atoms with van der Waals surface area (Å²) in [5.41, 5.74) is 0. The van der Waals surface area contributed by atoms with Gasteiger partial charge >= 0.3 is 323 Å². The van der Waals surface area contributed by atoms with E-state index in [1.165, 1.54) is 0 Å². The van der Waals surface area contributed by atoms with Crippen LogP contribution in [0.4, 0.5) is 0 Å². The van der Waals surface area contributed by atoms with Crippen LogP contribution >= 0.6 is 0 Å². The first-order chi connectivity index (χ1) is 12.1. The average molecular weight is 2040 g/mol. The van der Waals surface area contributed by atoms with Gasteiger partial charge in [0.25, 0.3) is 0 Å².